The van der Waals surface area contributed by atoms with Crippen LogP contribution in [0.25, 0.3) is 0 Å². The van der Waals surface area contributed by atoms with Gasteiger partial charge in [-0.2, -0.15) is 11.8 Å². The van der Waals surface area contributed by atoms with Crippen LogP contribution in [0.2, 0.25) is 0 Å². The highest BCUT2D eigenvalue weighted by Crippen LogP contribution is 2.20. The first-order valence-corrected chi connectivity index (χ1v) is 6.72. The van der Waals surface area contributed by atoms with Crippen LogP contribution in [0.3, 0.4) is 0 Å². The van der Waals surface area contributed by atoms with Gasteiger partial charge in [0.25, 0.3) is 0 Å². The SMILES string of the molecule is CC(C)CSCC(CN)c1ccccc1. The smallest absolute Gasteiger partial charge is 0.00519 e. The van der Waals surface area contributed by atoms with E-state index in [9.17, 15) is 0 Å². The van der Waals surface area contributed by atoms with Crippen molar-refractivity contribution in [3.63, 3.8) is 0 Å². The van der Waals surface area contributed by atoms with Gasteiger partial charge in [-0.3, -0.25) is 0 Å². The van der Waals surface area contributed by atoms with Crippen LogP contribution in [-0.2, 0) is 0 Å². The van der Waals surface area contributed by atoms with Crippen molar-refractivity contribution in [2.24, 2.45) is 11.7 Å². The standard InChI is InChI=1S/C13H21NS/c1-11(2)9-15-10-13(8-14)12-6-4-3-5-7-12/h3-7,11,13H,8-10,14H2,1-2H3. The Kier molecular flexibility index (Phi) is 5.81. The second kappa shape index (κ2) is 6.91. The molecule has 2 N–H and O–H groups in total. The molecular formula is C13H21NS. The first-order valence-electron chi connectivity index (χ1n) is 5.56. The molecule has 0 radical (unpaired) electrons. The Morgan fingerprint density at radius 1 is 1.13 bits per heavy atom. The van der Waals surface area contributed by atoms with Crippen molar-refractivity contribution in [1.29, 1.82) is 0 Å². The van der Waals surface area contributed by atoms with Gasteiger partial charge in [0, 0.05) is 11.7 Å². The Morgan fingerprint density at radius 2 is 1.80 bits per heavy atom. The van der Waals surface area contributed by atoms with Crippen LogP contribution in [0.4, 0.5) is 0 Å². The van der Waals surface area contributed by atoms with Crippen molar-refractivity contribution in [3.8, 4) is 0 Å². The quantitative estimate of drug-likeness (QED) is 0.802. The molecule has 1 aromatic rings. The Labute approximate surface area is 97.4 Å². The van der Waals surface area contributed by atoms with Crippen LogP contribution in [0.1, 0.15) is 25.3 Å². The summed E-state index contributed by atoms with van der Waals surface area (Å²) in [5, 5.41) is 0. The van der Waals surface area contributed by atoms with Gasteiger partial charge in [0.05, 0.1) is 0 Å². The number of benzene rings is 1. The van der Waals surface area contributed by atoms with E-state index in [1.54, 1.807) is 0 Å². The first-order chi connectivity index (χ1) is 7.24. The van der Waals surface area contributed by atoms with E-state index in [1.165, 1.54) is 11.3 Å². The van der Waals surface area contributed by atoms with E-state index < -0.39 is 0 Å². The van der Waals surface area contributed by atoms with Gasteiger partial charge in [-0.1, -0.05) is 44.2 Å². The zero-order valence-electron chi connectivity index (χ0n) is 9.65. The lowest BCUT2D eigenvalue weighted by atomic mass is 10.0. The fourth-order valence-electron chi connectivity index (χ4n) is 1.47. The molecular weight excluding hydrogens is 202 g/mol. The maximum absolute atomic E-state index is 5.81. The minimum Gasteiger partial charge on any atom is -0.330 e. The summed E-state index contributed by atoms with van der Waals surface area (Å²) in [5.41, 5.74) is 7.18. The Hall–Kier alpha value is -0.470. The average molecular weight is 223 g/mol. The van der Waals surface area contributed by atoms with Crippen molar-refractivity contribution in [2.75, 3.05) is 18.1 Å². The molecule has 0 saturated carbocycles. The summed E-state index contributed by atoms with van der Waals surface area (Å²) in [6, 6.07) is 10.6. The number of hydrogen-bond acceptors (Lipinski definition) is 2. The van der Waals surface area contributed by atoms with Gasteiger partial charge >= 0.3 is 0 Å². The predicted molar refractivity (Wildman–Crippen MR) is 70.4 cm³/mol. The third-order valence-corrected chi connectivity index (χ3v) is 3.87. The van der Waals surface area contributed by atoms with Crippen molar-refractivity contribution >= 4 is 11.8 Å². The third kappa shape index (κ3) is 4.72. The molecule has 0 heterocycles. The molecule has 1 atom stereocenters. The summed E-state index contributed by atoms with van der Waals surface area (Å²) in [5.74, 6) is 3.64. The number of thioether (sulfide) groups is 1. The average Bonchev–Trinajstić information content (AvgIpc) is 2.25. The third-order valence-electron chi connectivity index (χ3n) is 2.33. The van der Waals surface area contributed by atoms with Gasteiger partial charge < -0.3 is 5.73 Å². The monoisotopic (exact) mass is 223 g/mol. The Morgan fingerprint density at radius 3 is 2.33 bits per heavy atom. The number of hydrogen-bond donors (Lipinski definition) is 1. The van der Waals surface area contributed by atoms with Gasteiger partial charge in [-0.25, -0.2) is 0 Å². The molecule has 84 valence electrons. The predicted octanol–water partition coefficient (Wildman–Crippen LogP) is 3.12. The first kappa shape index (κ1) is 12.6. The van der Waals surface area contributed by atoms with Gasteiger partial charge in [0.1, 0.15) is 0 Å². The second-order valence-electron chi connectivity index (χ2n) is 4.27. The molecule has 0 saturated heterocycles. The van der Waals surface area contributed by atoms with Crippen LogP contribution in [0.5, 0.6) is 0 Å². The van der Waals surface area contributed by atoms with Gasteiger partial charge in [-0.15, -0.1) is 0 Å². The summed E-state index contributed by atoms with van der Waals surface area (Å²) in [7, 11) is 0. The lowest BCUT2D eigenvalue weighted by Gasteiger charge is -2.15. The topological polar surface area (TPSA) is 26.0 Å². The van der Waals surface area contributed by atoms with Crippen LogP contribution in [0.15, 0.2) is 30.3 Å². The largest absolute Gasteiger partial charge is 0.330 e. The van der Waals surface area contributed by atoms with E-state index in [4.69, 9.17) is 5.73 Å². The van der Waals surface area contributed by atoms with E-state index >= 15 is 0 Å². The molecule has 0 aliphatic carbocycles. The molecule has 1 rings (SSSR count). The summed E-state index contributed by atoms with van der Waals surface area (Å²) in [6.07, 6.45) is 0. The fraction of sp³-hybridized carbons (Fsp3) is 0.538. The normalized spacial score (nSPS) is 13.1. The van der Waals surface area contributed by atoms with Crippen molar-refractivity contribution in [1.82, 2.24) is 0 Å². The van der Waals surface area contributed by atoms with Crippen LogP contribution in [0, 0.1) is 5.92 Å². The van der Waals surface area contributed by atoms with Crippen LogP contribution in [-0.4, -0.2) is 18.1 Å². The highest BCUT2D eigenvalue weighted by atomic mass is 32.2. The molecule has 0 fully saturated rings. The molecule has 0 spiro atoms. The van der Waals surface area contributed by atoms with E-state index in [1.807, 2.05) is 11.8 Å². The summed E-state index contributed by atoms with van der Waals surface area (Å²) in [4.78, 5) is 0. The molecule has 1 nitrogen and oxygen atoms in total. The van der Waals surface area contributed by atoms with Crippen molar-refractivity contribution in [2.45, 2.75) is 19.8 Å². The molecule has 15 heavy (non-hydrogen) atoms. The van der Waals surface area contributed by atoms with Crippen LogP contribution < -0.4 is 5.73 Å². The number of rotatable bonds is 6. The zero-order chi connectivity index (χ0) is 11.1. The highest BCUT2D eigenvalue weighted by molar-refractivity contribution is 7.99. The second-order valence-corrected chi connectivity index (χ2v) is 5.35. The molecule has 0 aliphatic rings. The summed E-state index contributed by atoms with van der Waals surface area (Å²) < 4.78 is 0. The van der Waals surface area contributed by atoms with Crippen molar-refractivity contribution < 1.29 is 0 Å². The van der Waals surface area contributed by atoms with Gasteiger partial charge in [-0.05, 0) is 23.8 Å². The maximum atomic E-state index is 5.81. The molecule has 0 aliphatic heterocycles. The van der Waals surface area contributed by atoms with E-state index in [0.29, 0.717) is 5.92 Å². The Balaban J connectivity index is 2.43. The maximum Gasteiger partial charge on any atom is 0.00519 e. The molecule has 1 unspecified atom stereocenters. The van der Waals surface area contributed by atoms with E-state index in [0.717, 1.165) is 18.2 Å². The van der Waals surface area contributed by atoms with Gasteiger partial charge in [0.2, 0.25) is 0 Å². The Bertz CT molecular complexity index is 258. The van der Waals surface area contributed by atoms with Crippen LogP contribution >= 0.6 is 11.8 Å². The molecule has 0 aromatic heterocycles. The minimum absolute atomic E-state index is 0.509. The number of nitrogens with two attached hydrogens (primary N) is 1. The van der Waals surface area contributed by atoms with E-state index in [-0.39, 0.29) is 0 Å². The minimum atomic E-state index is 0.509. The van der Waals surface area contributed by atoms with Gasteiger partial charge in [0.15, 0.2) is 0 Å². The summed E-state index contributed by atoms with van der Waals surface area (Å²) >= 11 is 2.01. The fourth-order valence-corrected chi connectivity index (χ4v) is 2.69. The summed E-state index contributed by atoms with van der Waals surface area (Å²) in [6.45, 7) is 5.26. The highest BCUT2D eigenvalue weighted by Gasteiger charge is 2.09. The molecule has 0 amide bonds. The van der Waals surface area contributed by atoms with E-state index in [2.05, 4.69) is 44.2 Å². The molecule has 0 bridgehead atoms. The molecule has 1 aromatic carbocycles. The lowest BCUT2D eigenvalue weighted by Crippen LogP contribution is -2.15. The lowest BCUT2D eigenvalue weighted by molar-refractivity contribution is 0.742. The van der Waals surface area contributed by atoms with Crippen molar-refractivity contribution in [3.05, 3.63) is 35.9 Å². The zero-order valence-corrected chi connectivity index (χ0v) is 10.5. The molecule has 2 heteroatoms.